The molecule has 0 saturated heterocycles. The van der Waals surface area contributed by atoms with Gasteiger partial charge in [0.1, 0.15) is 5.76 Å². The zero-order chi connectivity index (χ0) is 9.84. The minimum Gasteiger partial charge on any atom is -0.468 e. The Kier molecular flexibility index (Phi) is 3.51. The lowest BCUT2D eigenvalue weighted by atomic mass is 10.2. The predicted octanol–water partition coefficient (Wildman–Crippen LogP) is 1.62. The van der Waals surface area contributed by atoms with Gasteiger partial charge >= 0.3 is 0 Å². The summed E-state index contributed by atoms with van der Waals surface area (Å²) in [6, 6.07) is 4.27. The Labute approximate surface area is 79.5 Å². The van der Waals surface area contributed by atoms with Crippen molar-refractivity contribution in [3.05, 3.63) is 24.2 Å². The molecule has 0 aliphatic rings. The van der Waals surface area contributed by atoms with E-state index in [0.29, 0.717) is 6.04 Å². The Morgan fingerprint density at radius 1 is 1.54 bits per heavy atom. The van der Waals surface area contributed by atoms with Gasteiger partial charge in [0.15, 0.2) is 0 Å². The maximum absolute atomic E-state index is 5.94. The summed E-state index contributed by atoms with van der Waals surface area (Å²) < 4.78 is 5.22. The van der Waals surface area contributed by atoms with Gasteiger partial charge in [0.2, 0.25) is 0 Å². The monoisotopic (exact) mass is 182 g/mol. The van der Waals surface area contributed by atoms with Gasteiger partial charge in [0, 0.05) is 12.6 Å². The van der Waals surface area contributed by atoms with Gasteiger partial charge in [0.05, 0.1) is 12.3 Å². The highest BCUT2D eigenvalue weighted by Gasteiger charge is 2.12. The molecule has 1 aromatic heterocycles. The largest absolute Gasteiger partial charge is 0.468 e. The average molecular weight is 182 g/mol. The minimum absolute atomic E-state index is 0.0256. The fourth-order valence-electron chi connectivity index (χ4n) is 1.11. The topological polar surface area (TPSA) is 42.4 Å². The van der Waals surface area contributed by atoms with E-state index in [0.717, 1.165) is 12.3 Å². The molecule has 1 aromatic rings. The van der Waals surface area contributed by atoms with Crippen molar-refractivity contribution in [2.75, 3.05) is 13.6 Å². The quantitative estimate of drug-likeness (QED) is 0.769. The first kappa shape index (κ1) is 10.3. The highest BCUT2D eigenvalue weighted by Crippen LogP contribution is 2.12. The van der Waals surface area contributed by atoms with Crippen LogP contribution in [0.2, 0.25) is 0 Å². The van der Waals surface area contributed by atoms with Crippen LogP contribution in [0.4, 0.5) is 0 Å². The van der Waals surface area contributed by atoms with Gasteiger partial charge in [-0.05, 0) is 33.0 Å². The third-order valence-corrected chi connectivity index (χ3v) is 2.27. The SMILES string of the molecule is CC(C)N(C)CC(N)c1ccco1. The predicted molar refractivity (Wildman–Crippen MR) is 53.4 cm³/mol. The molecule has 74 valence electrons. The Balaban J connectivity index is 2.46. The molecule has 0 radical (unpaired) electrons. The Morgan fingerprint density at radius 3 is 2.69 bits per heavy atom. The first-order valence-electron chi connectivity index (χ1n) is 4.60. The van der Waals surface area contributed by atoms with Gasteiger partial charge < -0.3 is 15.1 Å². The molecule has 0 aromatic carbocycles. The molecule has 0 amide bonds. The second-order valence-corrected chi connectivity index (χ2v) is 3.66. The molecule has 0 fully saturated rings. The second kappa shape index (κ2) is 4.44. The molecule has 1 atom stereocenters. The first-order valence-corrected chi connectivity index (χ1v) is 4.60. The van der Waals surface area contributed by atoms with E-state index in [1.54, 1.807) is 6.26 Å². The summed E-state index contributed by atoms with van der Waals surface area (Å²) in [4.78, 5) is 2.20. The van der Waals surface area contributed by atoms with Crippen molar-refractivity contribution in [1.82, 2.24) is 4.90 Å². The summed E-state index contributed by atoms with van der Waals surface area (Å²) >= 11 is 0. The third kappa shape index (κ3) is 2.86. The number of nitrogens with two attached hydrogens (primary N) is 1. The van der Waals surface area contributed by atoms with E-state index in [4.69, 9.17) is 10.2 Å². The second-order valence-electron chi connectivity index (χ2n) is 3.66. The summed E-state index contributed by atoms with van der Waals surface area (Å²) in [5.41, 5.74) is 5.94. The highest BCUT2D eigenvalue weighted by atomic mass is 16.3. The lowest BCUT2D eigenvalue weighted by molar-refractivity contribution is 0.247. The molecule has 0 saturated carbocycles. The normalized spacial score (nSPS) is 14.0. The number of hydrogen-bond acceptors (Lipinski definition) is 3. The Hall–Kier alpha value is -0.800. The van der Waals surface area contributed by atoms with Crippen LogP contribution in [0.1, 0.15) is 25.6 Å². The van der Waals surface area contributed by atoms with Crippen LogP contribution in [0.3, 0.4) is 0 Å². The summed E-state index contributed by atoms with van der Waals surface area (Å²) in [5, 5.41) is 0. The molecule has 1 rings (SSSR count). The van der Waals surface area contributed by atoms with Crippen LogP contribution < -0.4 is 5.73 Å². The van der Waals surface area contributed by atoms with E-state index >= 15 is 0 Å². The molecule has 1 heterocycles. The molecule has 13 heavy (non-hydrogen) atoms. The number of likely N-dealkylation sites (N-methyl/N-ethyl adjacent to an activating group) is 1. The van der Waals surface area contributed by atoms with Crippen molar-refractivity contribution in [3.8, 4) is 0 Å². The molecule has 3 nitrogen and oxygen atoms in total. The van der Waals surface area contributed by atoms with Gasteiger partial charge in [-0.3, -0.25) is 0 Å². The smallest absolute Gasteiger partial charge is 0.121 e. The highest BCUT2D eigenvalue weighted by molar-refractivity contribution is 5.03. The molecule has 0 aliphatic heterocycles. The van der Waals surface area contributed by atoms with Crippen molar-refractivity contribution in [2.24, 2.45) is 5.73 Å². The third-order valence-electron chi connectivity index (χ3n) is 2.27. The maximum Gasteiger partial charge on any atom is 0.121 e. The standard InChI is InChI=1S/C10H18N2O/c1-8(2)12(3)7-9(11)10-5-4-6-13-10/h4-6,8-9H,7,11H2,1-3H3. The number of furan rings is 1. The van der Waals surface area contributed by atoms with Crippen LogP contribution in [-0.4, -0.2) is 24.5 Å². The zero-order valence-corrected chi connectivity index (χ0v) is 8.53. The van der Waals surface area contributed by atoms with Crippen molar-refractivity contribution in [2.45, 2.75) is 25.9 Å². The van der Waals surface area contributed by atoms with Crippen LogP contribution in [-0.2, 0) is 0 Å². The fraction of sp³-hybridized carbons (Fsp3) is 0.600. The van der Waals surface area contributed by atoms with Gasteiger partial charge in [-0.15, -0.1) is 0 Å². The summed E-state index contributed by atoms with van der Waals surface area (Å²) in [5.74, 6) is 0.854. The molecule has 0 spiro atoms. The molecular weight excluding hydrogens is 164 g/mol. The molecule has 2 N–H and O–H groups in total. The lowest BCUT2D eigenvalue weighted by Gasteiger charge is -2.23. The molecule has 1 unspecified atom stereocenters. The van der Waals surface area contributed by atoms with E-state index in [-0.39, 0.29) is 6.04 Å². The van der Waals surface area contributed by atoms with Crippen molar-refractivity contribution in [3.63, 3.8) is 0 Å². The van der Waals surface area contributed by atoms with Crippen LogP contribution in [0.25, 0.3) is 0 Å². The van der Waals surface area contributed by atoms with Crippen LogP contribution in [0, 0.1) is 0 Å². The summed E-state index contributed by atoms with van der Waals surface area (Å²) in [6.45, 7) is 5.12. The van der Waals surface area contributed by atoms with E-state index in [9.17, 15) is 0 Å². The van der Waals surface area contributed by atoms with Crippen molar-refractivity contribution in [1.29, 1.82) is 0 Å². The van der Waals surface area contributed by atoms with E-state index in [1.165, 1.54) is 0 Å². The summed E-state index contributed by atoms with van der Waals surface area (Å²) in [6.07, 6.45) is 1.66. The summed E-state index contributed by atoms with van der Waals surface area (Å²) in [7, 11) is 2.06. The molecular formula is C10H18N2O. The van der Waals surface area contributed by atoms with E-state index < -0.39 is 0 Å². The van der Waals surface area contributed by atoms with E-state index in [1.807, 2.05) is 12.1 Å². The number of hydrogen-bond donors (Lipinski definition) is 1. The Bertz CT molecular complexity index is 231. The van der Waals surface area contributed by atoms with Gasteiger partial charge in [-0.1, -0.05) is 0 Å². The molecule has 0 bridgehead atoms. The average Bonchev–Trinajstić information content (AvgIpc) is 2.55. The molecule has 3 heteroatoms. The molecule has 0 aliphatic carbocycles. The maximum atomic E-state index is 5.94. The zero-order valence-electron chi connectivity index (χ0n) is 8.53. The first-order chi connectivity index (χ1) is 6.11. The van der Waals surface area contributed by atoms with Crippen LogP contribution in [0.15, 0.2) is 22.8 Å². The number of nitrogens with zero attached hydrogens (tertiary/aromatic N) is 1. The number of rotatable bonds is 4. The minimum atomic E-state index is -0.0256. The van der Waals surface area contributed by atoms with Gasteiger partial charge in [-0.25, -0.2) is 0 Å². The fourth-order valence-corrected chi connectivity index (χ4v) is 1.11. The lowest BCUT2D eigenvalue weighted by Crippen LogP contribution is -2.33. The Morgan fingerprint density at radius 2 is 2.23 bits per heavy atom. The van der Waals surface area contributed by atoms with Gasteiger partial charge in [-0.2, -0.15) is 0 Å². The van der Waals surface area contributed by atoms with Crippen molar-refractivity contribution < 1.29 is 4.42 Å². The van der Waals surface area contributed by atoms with Gasteiger partial charge in [0.25, 0.3) is 0 Å². The van der Waals surface area contributed by atoms with Crippen LogP contribution in [0.5, 0.6) is 0 Å². The van der Waals surface area contributed by atoms with E-state index in [2.05, 4.69) is 25.8 Å². The van der Waals surface area contributed by atoms with Crippen molar-refractivity contribution >= 4 is 0 Å². The van der Waals surface area contributed by atoms with Crippen LogP contribution >= 0.6 is 0 Å².